The highest BCUT2D eigenvalue weighted by Crippen LogP contribution is 2.25. The third-order valence-corrected chi connectivity index (χ3v) is 3.00. The summed E-state index contributed by atoms with van der Waals surface area (Å²) in [5.41, 5.74) is 1.61. The summed E-state index contributed by atoms with van der Waals surface area (Å²) >= 11 is 0. The van der Waals surface area contributed by atoms with Gasteiger partial charge in [0.2, 0.25) is 5.95 Å². The molecule has 0 radical (unpaired) electrons. The molecule has 0 fully saturated rings. The molecule has 2 heterocycles. The largest absolute Gasteiger partial charge is 0.464 e. The van der Waals surface area contributed by atoms with Crippen LogP contribution in [0.3, 0.4) is 0 Å². The van der Waals surface area contributed by atoms with Gasteiger partial charge in [-0.1, -0.05) is 18.2 Å². The minimum atomic E-state index is -0.624. The van der Waals surface area contributed by atoms with Gasteiger partial charge in [0.1, 0.15) is 0 Å². The second kappa shape index (κ2) is 4.24. The maximum Gasteiger partial charge on any atom is 0.357 e. The fraction of sp³-hybridized carbons (Fsp3) is 0.154. The van der Waals surface area contributed by atoms with Crippen molar-refractivity contribution in [2.45, 2.75) is 6.54 Å². The van der Waals surface area contributed by atoms with Crippen LogP contribution in [0.2, 0.25) is 0 Å². The van der Waals surface area contributed by atoms with Gasteiger partial charge >= 0.3 is 5.97 Å². The Morgan fingerprint density at radius 1 is 1.42 bits per heavy atom. The van der Waals surface area contributed by atoms with Crippen LogP contribution in [0.5, 0.6) is 0 Å². The fourth-order valence-electron chi connectivity index (χ4n) is 2.03. The van der Waals surface area contributed by atoms with E-state index in [9.17, 15) is 9.59 Å². The van der Waals surface area contributed by atoms with Crippen molar-refractivity contribution in [3.63, 3.8) is 0 Å². The number of para-hydroxylation sites is 1. The van der Waals surface area contributed by atoms with E-state index in [0.29, 0.717) is 12.5 Å². The van der Waals surface area contributed by atoms with E-state index in [-0.39, 0.29) is 11.3 Å². The SMILES string of the molecule is COC(=O)c1cc(=O)n2c(n1)Nc1ccccc1C2. The summed E-state index contributed by atoms with van der Waals surface area (Å²) in [5, 5.41) is 3.04. The molecule has 0 bridgehead atoms. The van der Waals surface area contributed by atoms with Crippen molar-refractivity contribution in [3.05, 3.63) is 51.9 Å². The maximum atomic E-state index is 12.0. The predicted molar refractivity (Wildman–Crippen MR) is 68.7 cm³/mol. The van der Waals surface area contributed by atoms with Crippen molar-refractivity contribution in [1.29, 1.82) is 0 Å². The molecule has 3 rings (SSSR count). The van der Waals surface area contributed by atoms with Gasteiger partial charge in [0.25, 0.3) is 5.56 Å². The number of ether oxygens (including phenoxy) is 1. The average Bonchev–Trinajstić information content (AvgIpc) is 2.44. The summed E-state index contributed by atoms with van der Waals surface area (Å²) in [6.07, 6.45) is 0. The molecule has 0 amide bonds. The molecule has 1 aliphatic rings. The van der Waals surface area contributed by atoms with Crippen molar-refractivity contribution >= 4 is 17.6 Å². The van der Waals surface area contributed by atoms with Gasteiger partial charge in [0.05, 0.1) is 13.7 Å². The molecule has 0 atom stereocenters. The molecule has 0 spiro atoms. The highest BCUT2D eigenvalue weighted by Gasteiger charge is 2.19. The molecule has 6 nitrogen and oxygen atoms in total. The van der Waals surface area contributed by atoms with E-state index in [1.54, 1.807) is 0 Å². The molecule has 0 aliphatic carbocycles. The van der Waals surface area contributed by atoms with Crippen molar-refractivity contribution < 1.29 is 9.53 Å². The Morgan fingerprint density at radius 3 is 3.00 bits per heavy atom. The van der Waals surface area contributed by atoms with Crippen LogP contribution in [-0.4, -0.2) is 22.6 Å². The molecule has 96 valence electrons. The zero-order chi connectivity index (χ0) is 13.4. The fourth-order valence-corrected chi connectivity index (χ4v) is 2.03. The number of aromatic nitrogens is 2. The molecule has 1 aromatic heterocycles. The summed E-state index contributed by atoms with van der Waals surface area (Å²) in [4.78, 5) is 27.5. The molecule has 19 heavy (non-hydrogen) atoms. The molecule has 6 heteroatoms. The Hall–Kier alpha value is -2.63. The first kappa shape index (κ1) is 11.5. The van der Waals surface area contributed by atoms with Crippen molar-refractivity contribution in [3.8, 4) is 0 Å². The first-order chi connectivity index (χ1) is 9.19. The van der Waals surface area contributed by atoms with E-state index >= 15 is 0 Å². The molecule has 1 N–H and O–H groups in total. The van der Waals surface area contributed by atoms with Gasteiger partial charge in [0, 0.05) is 11.8 Å². The predicted octanol–water partition coefficient (Wildman–Crippen LogP) is 1.14. The smallest absolute Gasteiger partial charge is 0.357 e. The zero-order valence-electron chi connectivity index (χ0n) is 10.2. The van der Waals surface area contributed by atoms with Crippen molar-refractivity contribution in [2.24, 2.45) is 0 Å². The monoisotopic (exact) mass is 257 g/mol. The normalized spacial score (nSPS) is 12.1. The number of hydrogen-bond donors (Lipinski definition) is 1. The summed E-state index contributed by atoms with van der Waals surface area (Å²) in [6.45, 7) is 0.436. The number of methoxy groups -OCH3 is 1. The number of fused-ring (bicyclic) bond motifs is 2. The number of rotatable bonds is 1. The van der Waals surface area contributed by atoms with Crippen molar-refractivity contribution in [1.82, 2.24) is 9.55 Å². The Morgan fingerprint density at radius 2 is 2.21 bits per heavy atom. The Kier molecular flexibility index (Phi) is 2.56. The molecule has 0 saturated heterocycles. The Bertz CT molecular complexity index is 721. The highest BCUT2D eigenvalue weighted by atomic mass is 16.5. The standard InChI is InChI=1S/C13H11N3O3/c1-19-12(18)10-6-11(17)16-7-8-4-2-3-5-9(8)14-13(16)15-10/h2-6H,7H2,1H3,(H,14,15). The van der Waals surface area contributed by atoms with Crippen LogP contribution in [0.4, 0.5) is 11.6 Å². The van der Waals surface area contributed by atoms with Crippen LogP contribution in [0, 0.1) is 0 Å². The summed E-state index contributed by atoms with van der Waals surface area (Å²) in [7, 11) is 1.25. The van der Waals surface area contributed by atoms with E-state index in [1.807, 2.05) is 24.3 Å². The van der Waals surface area contributed by atoms with Gasteiger partial charge in [0.15, 0.2) is 5.69 Å². The van der Waals surface area contributed by atoms with E-state index in [2.05, 4.69) is 15.0 Å². The average molecular weight is 257 g/mol. The second-order valence-electron chi connectivity index (χ2n) is 4.16. The molecular weight excluding hydrogens is 246 g/mol. The van der Waals surface area contributed by atoms with E-state index in [4.69, 9.17) is 0 Å². The number of anilines is 2. The van der Waals surface area contributed by atoms with Crippen LogP contribution in [0.25, 0.3) is 0 Å². The number of nitrogens with one attached hydrogen (secondary N) is 1. The van der Waals surface area contributed by atoms with E-state index in [1.165, 1.54) is 17.7 Å². The van der Waals surface area contributed by atoms with Gasteiger partial charge < -0.3 is 10.1 Å². The lowest BCUT2D eigenvalue weighted by Crippen LogP contribution is -2.29. The summed E-state index contributed by atoms with van der Waals surface area (Å²) in [6, 6.07) is 8.82. The molecule has 1 aliphatic heterocycles. The zero-order valence-corrected chi connectivity index (χ0v) is 10.2. The molecule has 0 saturated carbocycles. The lowest BCUT2D eigenvalue weighted by atomic mass is 10.1. The summed E-state index contributed by atoms with van der Waals surface area (Å²) in [5.74, 6) is -0.271. The van der Waals surface area contributed by atoms with Crippen molar-refractivity contribution in [2.75, 3.05) is 12.4 Å². The van der Waals surface area contributed by atoms with Crippen LogP contribution in [0.1, 0.15) is 16.1 Å². The lowest BCUT2D eigenvalue weighted by molar-refractivity contribution is 0.0593. The van der Waals surface area contributed by atoms with Gasteiger partial charge in [-0.3, -0.25) is 9.36 Å². The minimum Gasteiger partial charge on any atom is -0.464 e. The van der Waals surface area contributed by atoms with Crippen LogP contribution >= 0.6 is 0 Å². The molecular formula is C13H11N3O3. The third kappa shape index (κ3) is 1.87. The van der Waals surface area contributed by atoms with Crippen LogP contribution in [0.15, 0.2) is 35.1 Å². The van der Waals surface area contributed by atoms with Gasteiger partial charge in [-0.05, 0) is 11.6 Å². The van der Waals surface area contributed by atoms with Crippen LogP contribution in [-0.2, 0) is 11.3 Å². The number of esters is 1. The number of benzene rings is 1. The molecule has 2 aromatic rings. The van der Waals surface area contributed by atoms with E-state index < -0.39 is 5.97 Å². The number of nitrogens with zero attached hydrogens (tertiary/aromatic N) is 2. The van der Waals surface area contributed by atoms with Crippen LogP contribution < -0.4 is 10.9 Å². The first-order valence-corrected chi connectivity index (χ1v) is 5.74. The quantitative estimate of drug-likeness (QED) is 0.662. The second-order valence-corrected chi connectivity index (χ2v) is 4.16. The van der Waals surface area contributed by atoms with E-state index in [0.717, 1.165) is 11.3 Å². The first-order valence-electron chi connectivity index (χ1n) is 5.74. The minimum absolute atomic E-state index is 0.00521. The molecule has 0 unspecified atom stereocenters. The van der Waals surface area contributed by atoms with Gasteiger partial charge in [-0.25, -0.2) is 9.78 Å². The molecule has 1 aromatic carbocycles. The highest BCUT2D eigenvalue weighted by molar-refractivity contribution is 5.87. The Balaban J connectivity index is 2.11. The lowest BCUT2D eigenvalue weighted by Gasteiger charge is -2.21. The number of hydrogen-bond acceptors (Lipinski definition) is 5. The Labute approximate surface area is 108 Å². The topological polar surface area (TPSA) is 73.2 Å². The summed E-state index contributed by atoms with van der Waals surface area (Å²) < 4.78 is 6.06. The van der Waals surface area contributed by atoms with Gasteiger partial charge in [-0.2, -0.15) is 0 Å². The van der Waals surface area contributed by atoms with Gasteiger partial charge in [-0.15, -0.1) is 0 Å². The maximum absolute atomic E-state index is 12.0. The number of carbonyl (C=O) groups is 1. The third-order valence-electron chi connectivity index (χ3n) is 3.00. The number of carbonyl (C=O) groups excluding carboxylic acids is 1.